The highest BCUT2D eigenvalue weighted by Gasteiger charge is 2.12. The van der Waals surface area contributed by atoms with Gasteiger partial charge in [0.1, 0.15) is 5.92 Å². The number of aliphatic carboxylic acids is 1. The summed E-state index contributed by atoms with van der Waals surface area (Å²) in [6.45, 7) is 0. The second-order valence-corrected chi connectivity index (χ2v) is 1.85. The summed E-state index contributed by atoms with van der Waals surface area (Å²) >= 11 is 0. The molecule has 1 radical (unpaired) electrons. The highest BCUT2D eigenvalue weighted by molar-refractivity contribution is 6.06. The van der Waals surface area contributed by atoms with E-state index in [4.69, 9.17) is 6.52 Å². The van der Waals surface area contributed by atoms with Gasteiger partial charge in [0, 0.05) is 0 Å². The van der Waals surface area contributed by atoms with Gasteiger partial charge < -0.3 is 10.5 Å². The average Bonchev–Trinajstić information content (AvgIpc) is 2.05. The number of hydrogen-bond acceptors (Lipinski definition) is 2. The van der Waals surface area contributed by atoms with Crippen molar-refractivity contribution in [1.82, 2.24) is 0 Å². The molecule has 0 aromatic heterocycles. The van der Waals surface area contributed by atoms with E-state index >= 15 is 0 Å². The van der Waals surface area contributed by atoms with Crippen LogP contribution in [0.15, 0.2) is 24.3 Å². The van der Waals surface area contributed by atoms with Crippen LogP contribution in [0.3, 0.4) is 0 Å². The van der Waals surface area contributed by atoms with Crippen LogP contribution in [0.5, 0.6) is 0 Å². The molecule has 0 atom stereocenters. The fourth-order valence-electron chi connectivity index (χ4n) is 0.604. The van der Waals surface area contributed by atoms with E-state index in [9.17, 15) is 4.79 Å². The van der Waals surface area contributed by atoms with Crippen LogP contribution in [0.4, 0.5) is 0 Å². The quantitative estimate of drug-likeness (QED) is 0.561. The molecule has 0 heterocycles. The Kier molecular flexibility index (Phi) is 1.34. The van der Waals surface area contributed by atoms with Crippen molar-refractivity contribution in [2.24, 2.45) is 0 Å². The van der Waals surface area contributed by atoms with Gasteiger partial charge in [0.2, 0.25) is 0 Å². The molecule has 1 aliphatic rings. The third-order valence-electron chi connectivity index (χ3n) is 1.11. The first-order chi connectivity index (χ1) is 5.24. The SMILES string of the molecule is [2H]N=C1C=C[C](C(=O)O)C=C1. The van der Waals surface area contributed by atoms with Gasteiger partial charge in [0.15, 0.2) is 1.41 Å². The van der Waals surface area contributed by atoms with E-state index in [1.54, 1.807) is 0 Å². The number of hydrogen-bond donors (Lipinski definition) is 2. The summed E-state index contributed by atoms with van der Waals surface area (Å²) in [4.78, 5) is 10.3. The lowest BCUT2D eigenvalue weighted by molar-refractivity contribution is -0.133. The van der Waals surface area contributed by atoms with Gasteiger partial charge >= 0.3 is 5.97 Å². The maximum Gasteiger partial charge on any atom is 0.319 e. The van der Waals surface area contributed by atoms with E-state index in [1.165, 1.54) is 24.3 Å². The predicted octanol–water partition coefficient (Wildman–Crippen LogP) is 0.791. The molecular weight excluding hydrogens is 130 g/mol. The molecule has 1 rings (SSSR count). The van der Waals surface area contributed by atoms with Crippen LogP contribution in [0.1, 0.15) is 0 Å². The van der Waals surface area contributed by atoms with Gasteiger partial charge in [-0.15, -0.1) is 0 Å². The van der Waals surface area contributed by atoms with Crippen molar-refractivity contribution in [1.29, 1.82) is 5.40 Å². The zero-order valence-electron chi connectivity index (χ0n) is 6.11. The van der Waals surface area contributed by atoms with Crippen molar-refractivity contribution in [2.45, 2.75) is 0 Å². The van der Waals surface area contributed by atoms with E-state index in [-0.39, 0.29) is 5.92 Å². The first-order valence-electron chi connectivity index (χ1n) is 3.17. The van der Waals surface area contributed by atoms with Crippen LogP contribution in [0.25, 0.3) is 0 Å². The Bertz CT molecular complexity index is 239. The summed E-state index contributed by atoms with van der Waals surface area (Å²) in [6.07, 6.45) is 5.79. The minimum atomic E-state index is -0.971. The molecule has 0 fully saturated rings. The second-order valence-electron chi connectivity index (χ2n) is 1.85. The van der Waals surface area contributed by atoms with Crippen LogP contribution in [-0.4, -0.2) is 16.8 Å². The van der Waals surface area contributed by atoms with Gasteiger partial charge in [-0.1, -0.05) is 12.2 Å². The predicted molar refractivity (Wildman–Crippen MR) is 36.9 cm³/mol. The van der Waals surface area contributed by atoms with Crippen molar-refractivity contribution in [3.63, 3.8) is 0 Å². The molecule has 3 heteroatoms. The summed E-state index contributed by atoms with van der Waals surface area (Å²) < 4.78 is 6.60. The molecule has 0 bridgehead atoms. The molecule has 0 saturated carbocycles. The van der Waals surface area contributed by atoms with Gasteiger partial charge in [0.05, 0.1) is 5.71 Å². The number of carbonyl (C=O) groups is 1. The van der Waals surface area contributed by atoms with Crippen molar-refractivity contribution in [2.75, 3.05) is 0 Å². The Hall–Kier alpha value is -1.38. The lowest BCUT2D eigenvalue weighted by atomic mass is 10.0. The Labute approximate surface area is 59.6 Å². The van der Waals surface area contributed by atoms with Gasteiger partial charge in [-0.25, -0.2) is 0 Å². The third-order valence-corrected chi connectivity index (χ3v) is 1.11. The lowest BCUT2D eigenvalue weighted by Gasteiger charge is -2.02. The van der Waals surface area contributed by atoms with Gasteiger partial charge in [0.25, 0.3) is 0 Å². The molecule has 0 amide bonds. The van der Waals surface area contributed by atoms with Crippen LogP contribution in [0, 0.1) is 11.3 Å². The van der Waals surface area contributed by atoms with Crippen molar-refractivity contribution < 1.29 is 11.3 Å². The van der Waals surface area contributed by atoms with Crippen LogP contribution >= 0.6 is 0 Å². The second kappa shape index (κ2) is 2.47. The molecule has 1 aliphatic carbocycles. The molecule has 3 nitrogen and oxygen atoms in total. The highest BCUT2D eigenvalue weighted by Crippen LogP contribution is 2.09. The maximum absolute atomic E-state index is 10.3. The zero-order valence-corrected chi connectivity index (χ0v) is 5.11. The smallest absolute Gasteiger partial charge is 0.319 e. The van der Waals surface area contributed by atoms with E-state index in [2.05, 4.69) is 5.40 Å². The van der Waals surface area contributed by atoms with E-state index in [0.717, 1.165) is 0 Å². The molecule has 0 saturated heterocycles. The van der Waals surface area contributed by atoms with Gasteiger partial charge in [-0.3, -0.25) is 4.79 Å². The molecular formula is C7H6NO2. The summed E-state index contributed by atoms with van der Waals surface area (Å²) in [6, 6.07) is 0. The summed E-state index contributed by atoms with van der Waals surface area (Å²) in [5.74, 6) is -0.765. The number of carboxylic acids is 1. The van der Waals surface area contributed by atoms with Crippen molar-refractivity contribution in [3.05, 3.63) is 30.2 Å². The number of carboxylic acid groups (broad SMARTS) is 1. The third kappa shape index (κ3) is 1.31. The normalized spacial score (nSPS) is 18.8. The molecule has 2 N–H and O–H groups in total. The Balaban J connectivity index is 2.72. The van der Waals surface area contributed by atoms with Crippen LogP contribution in [-0.2, 0) is 4.79 Å². The Morgan fingerprint density at radius 1 is 1.50 bits per heavy atom. The fraction of sp³-hybridized carbons (Fsp3) is 0. The molecule has 0 aromatic rings. The van der Waals surface area contributed by atoms with Crippen molar-refractivity contribution in [3.8, 4) is 0 Å². The number of rotatable bonds is 1. The minimum Gasteiger partial charge on any atom is -0.480 e. The standard InChI is InChI=1S/C7H6NO2/c8-6-3-1-5(2-4-6)7(9)10/h1-4,8H,(H,9,10)/i/hD. The fourth-order valence-corrected chi connectivity index (χ4v) is 0.604. The Morgan fingerprint density at radius 3 is 2.50 bits per heavy atom. The van der Waals surface area contributed by atoms with Crippen LogP contribution in [0.2, 0.25) is 1.41 Å². The van der Waals surface area contributed by atoms with E-state index < -0.39 is 5.97 Å². The zero-order chi connectivity index (χ0) is 8.27. The topological polar surface area (TPSA) is 61.2 Å². The lowest BCUT2D eigenvalue weighted by Crippen LogP contribution is -2.08. The Morgan fingerprint density at radius 2 is 2.10 bits per heavy atom. The van der Waals surface area contributed by atoms with Gasteiger partial charge in [-0.2, -0.15) is 0 Å². The first kappa shape index (κ1) is 5.41. The molecule has 0 aliphatic heterocycles. The largest absolute Gasteiger partial charge is 0.480 e. The minimum absolute atomic E-state index is 0.206. The van der Waals surface area contributed by atoms with Crippen LogP contribution < -0.4 is 0 Å². The number of allylic oxidation sites excluding steroid dienone is 2. The summed E-state index contributed by atoms with van der Waals surface area (Å²) in [7, 11) is 0. The average molecular weight is 137 g/mol. The van der Waals surface area contributed by atoms with Crippen molar-refractivity contribution >= 4 is 11.7 Å². The molecule has 10 heavy (non-hydrogen) atoms. The number of nitrogens with one attached hydrogen (secondary N) is 1. The van der Waals surface area contributed by atoms with Gasteiger partial charge in [-0.05, 0) is 12.2 Å². The maximum atomic E-state index is 10.3. The molecule has 0 spiro atoms. The monoisotopic (exact) mass is 137 g/mol. The summed E-state index contributed by atoms with van der Waals surface area (Å²) in [5.41, 5.74) is 0.454. The molecule has 51 valence electrons. The highest BCUT2D eigenvalue weighted by atomic mass is 16.4. The molecule has 0 aromatic carbocycles. The van der Waals surface area contributed by atoms with E-state index in [1.807, 2.05) is 0 Å². The summed E-state index contributed by atoms with van der Waals surface area (Å²) in [5, 5.41) is 11.6. The van der Waals surface area contributed by atoms with E-state index in [0.29, 0.717) is 5.71 Å². The molecule has 0 unspecified atom stereocenters. The first-order valence-corrected chi connectivity index (χ1v) is 2.72.